The maximum Gasteiger partial charge on any atom is 0.307 e. The molecule has 0 atom stereocenters. The molecule has 5 nitrogen and oxygen atoms in total. The fourth-order valence-corrected chi connectivity index (χ4v) is 3.20. The van der Waals surface area contributed by atoms with Crippen LogP contribution in [0.4, 0.5) is 0 Å². The van der Waals surface area contributed by atoms with Gasteiger partial charge in [0.25, 0.3) is 0 Å². The van der Waals surface area contributed by atoms with Gasteiger partial charge in [-0.3, -0.25) is 4.79 Å². The second-order valence-corrected chi connectivity index (χ2v) is 6.62. The molecule has 0 radical (unpaired) electrons. The van der Waals surface area contributed by atoms with Crippen LogP contribution in [0.1, 0.15) is 16.1 Å². The van der Waals surface area contributed by atoms with Gasteiger partial charge in [-0.1, -0.05) is 34.1 Å². The van der Waals surface area contributed by atoms with E-state index in [1.807, 2.05) is 60.3 Å². The van der Waals surface area contributed by atoms with Crippen LogP contribution in [0.3, 0.4) is 0 Å². The highest BCUT2D eigenvalue weighted by Gasteiger charge is 2.12. The Labute approximate surface area is 152 Å². The van der Waals surface area contributed by atoms with Gasteiger partial charge >= 0.3 is 5.91 Å². The minimum atomic E-state index is -0.385. The zero-order chi connectivity index (χ0) is 17.4. The predicted octanol–water partition coefficient (Wildman–Crippen LogP) is 4.45. The number of aryl methyl sites for hydroxylation is 1. The summed E-state index contributed by atoms with van der Waals surface area (Å²) in [5.74, 6) is -0.160. The minimum absolute atomic E-state index is 0.225. The molecule has 0 saturated heterocycles. The van der Waals surface area contributed by atoms with E-state index in [4.69, 9.17) is 4.42 Å². The molecule has 2 aromatic heterocycles. The molecule has 25 heavy (non-hydrogen) atoms. The second kappa shape index (κ2) is 6.22. The smallest absolute Gasteiger partial charge is 0.307 e. The Morgan fingerprint density at radius 3 is 2.96 bits per heavy atom. The van der Waals surface area contributed by atoms with E-state index in [0.29, 0.717) is 5.58 Å². The molecular formula is C19H14BrN3O2. The molecule has 0 bridgehead atoms. The first-order valence-corrected chi connectivity index (χ1v) is 8.48. The van der Waals surface area contributed by atoms with Crippen molar-refractivity contribution in [2.75, 3.05) is 0 Å². The number of amides is 1. The summed E-state index contributed by atoms with van der Waals surface area (Å²) in [7, 11) is 1.98. The Kier molecular flexibility index (Phi) is 3.89. The lowest BCUT2D eigenvalue weighted by molar-refractivity contribution is 0.0929. The first-order valence-electron chi connectivity index (χ1n) is 7.68. The van der Waals surface area contributed by atoms with Crippen LogP contribution in [0.2, 0.25) is 0 Å². The van der Waals surface area contributed by atoms with Crippen molar-refractivity contribution in [2.45, 2.75) is 0 Å². The number of hydrogen-bond acceptors (Lipinski definition) is 3. The van der Waals surface area contributed by atoms with Gasteiger partial charge in [-0.25, -0.2) is 5.43 Å². The van der Waals surface area contributed by atoms with Crippen LogP contribution in [-0.2, 0) is 7.05 Å². The van der Waals surface area contributed by atoms with Gasteiger partial charge in [0, 0.05) is 39.6 Å². The molecule has 4 aromatic rings. The summed E-state index contributed by atoms with van der Waals surface area (Å²) in [6, 6.07) is 15.3. The number of carbonyl (C=O) groups is 1. The fraction of sp³-hybridized carbons (Fsp3) is 0.0526. The number of hydrogen-bond donors (Lipinski definition) is 1. The van der Waals surface area contributed by atoms with E-state index in [9.17, 15) is 4.79 Å². The number of halogens is 1. The van der Waals surface area contributed by atoms with Crippen molar-refractivity contribution in [3.8, 4) is 0 Å². The Bertz CT molecular complexity index is 1120. The third-order valence-corrected chi connectivity index (χ3v) is 4.49. The number of nitrogens with zero attached hydrogens (tertiary/aromatic N) is 2. The summed E-state index contributed by atoms with van der Waals surface area (Å²) in [6.45, 7) is 0. The van der Waals surface area contributed by atoms with Crippen molar-refractivity contribution in [1.29, 1.82) is 0 Å². The van der Waals surface area contributed by atoms with Crippen molar-refractivity contribution in [3.05, 3.63) is 70.5 Å². The van der Waals surface area contributed by atoms with Crippen molar-refractivity contribution in [1.82, 2.24) is 9.99 Å². The zero-order valence-corrected chi connectivity index (χ0v) is 14.9. The molecule has 2 aromatic carbocycles. The molecule has 0 aliphatic heterocycles. The normalized spacial score (nSPS) is 11.6. The van der Waals surface area contributed by atoms with Crippen LogP contribution in [0, 0.1) is 0 Å². The average Bonchev–Trinajstić information content (AvgIpc) is 3.16. The summed E-state index contributed by atoms with van der Waals surface area (Å²) in [6.07, 6.45) is 3.61. The van der Waals surface area contributed by atoms with Gasteiger partial charge < -0.3 is 8.98 Å². The molecule has 1 N–H and O–H groups in total. The van der Waals surface area contributed by atoms with Crippen LogP contribution in [-0.4, -0.2) is 16.7 Å². The number of nitrogens with one attached hydrogen (secondary N) is 1. The van der Waals surface area contributed by atoms with E-state index < -0.39 is 0 Å². The van der Waals surface area contributed by atoms with Crippen molar-refractivity contribution >= 4 is 49.9 Å². The number of fused-ring (bicyclic) bond motifs is 2. The van der Waals surface area contributed by atoms with Gasteiger partial charge in [0.1, 0.15) is 5.58 Å². The standard InChI is InChI=1S/C19H14BrN3O2/c1-23-11-13(15-4-2-3-5-16(15)23)10-21-22-19(24)18-9-12-8-14(20)6-7-17(12)25-18/h2-11H,1H3,(H,22,24)/b21-10-. The Balaban J connectivity index is 1.55. The number of hydrazone groups is 1. The highest BCUT2D eigenvalue weighted by molar-refractivity contribution is 9.10. The van der Waals surface area contributed by atoms with Crippen LogP contribution < -0.4 is 5.43 Å². The van der Waals surface area contributed by atoms with E-state index >= 15 is 0 Å². The molecule has 0 spiro atoms. The summed E-state index contributed by atoms with van der Waals surface area (Å²) in [5.41, 5.74) is 5.22. The first-order chi connectivity index (χ1) is 12.1. The number of para-hydroxylation sites is 1. The SMILES string of the molecule is Cn1cc(/C=N\NC(=O)c2cc3cc(Br)ccc3o2)c2ccccc21. The number of carbonyl (C=O) groups excluding carboxylic acids is 1. The van der Waals surface area contributed by atoms with Crippen LogP contribution in [0.15, 0.2) is 68.7 Å². The summed E-state index contributed by atoms with van der Waals surface area (Å²) in [5, 5.41) is 6.00. The van der Waals surface area contributed by atoms with Gasteiger partial charge in [-0.05, 0) is 30.3 Å². The topological polar surface area (TPSA) is 59.5 Å². The van der Waals surface area contributed by atoms with E-state index in [0.717, 1.165) is 26.3 Å². The van der Waals surface area contributed by atoms with Gasteiger partial charge in [0.05, 0.1) is 6.21 Å². The van der Waals surface area contributed by atoms with Crippen LogP contribution in [0.5, 0.6) is 0 Å². The lowest BCUT2D eigenvalue weighted by Crippen LogP contribution is -2.16. The zero-order valence-electron chi connectivity index (χ0n) is 13.4. The largest absolute Gasteiger partial charge is 0.451 e. The first kappa shape index (κ1) is 15.7. The van der Waals surface area contributed by atoms with Gasteiger partial charge in [-0.2, -0.15) is 5.10 Å². The molecule has 1 amide bonds. The highest BCUT2D eigenvalue weighted by Crippen LogP contribution is 2.23. The number of rotatable bonds is 3. The quantitative estimate of drug-likeness (QED) is 0.411. The van der Waals surface area contributed by atoms with Gasteiger partial charge in [0.2, 0.25) is 0 Å². The predicted molar refractivity (Wildman–Crippen MR) is 102 cm³/mol. The van der Waals surface area contributed by atoms with Crippen molar-refractivity contribution in [2.24, 2.45) is 12.1 Å². The molecule has 124 valence electrons. The minimum Gasteiger partial charge on any atom is -0.451 e. The van der Waals surface area contributed by atoms with Gasteiger partial charge in [-0.15, -0.1) is 0 Å². The van der Waals surface area contributed by atoms with Crippen molar-refractivity contribution in [3.63, 3.8) is 0 Å². The monoisotopic (exact) mass is 395 g/mol. The Hall–Kier alpha value is -2.86. The fourth-order valence-electron chi connectivity index (χ4n) is 2.82. The highest BCUT2D eigenvalue weighted by atomic mass is 79.9. The Morgan fingerprint density at radius 1 is 1.24 bits per heavy atom. The molecule has 4 rings (SSSR count). The van der Waals surface area contributed by atoms with E-state index in [1.165, 1.54) is 0 Å². The molecule has 0 fully saturated rings. The molecular weight excluding hydrogens is 382 g/mol. The van der Waals surface area contributed by atoms with Crippen LogP contribution in [0.25, 0.3) is 21.9 Å². The van der Waals surface area contributed by atoms with Crippen molar-refractivity contribution < 1.29 is 9.21 Å². The van der Waals surface area contributed by atoms with E-state index in [2.05, 4.69) is 26.5 Å². The molecule has 6 heteroatoms. The third-order valence-electron chi connectivity index (χ3n) is 4.00. The third kappa shape index (κ3) is 2.96. The maximum atomic E-state index is 12.2. The number of furan rings is 1. The van der Waals surface area contributed by atoms with Crippen LogP contribution >= 0.6 is 15.9 Å². The summed E-state index contributed by atoms with van der Waals surface area (Å²) >= 11 is 3.40. The Morgan fingerprint density at radius 2 is 2.08 bits per heavy atom. The lowest BCUT2D eigenvalue weighted by atomic mass is 10.2. The molecule has 0 aliphatic rings. The van der Waals surface area contributed by atoms with E-state index in [-0.39, 0.29) is 11.7 Å². The number of aromatic nitrogens is 1. The average molecular weight is 396 g/mol. The van der Waals surface area contributed by atoms with Gasteiger partial charge in [0.15, 0.2) is 5.76 Å². The molecule has 0 unspecified atom stereocenters. The number of benzene rings is 2. The summed E-state index contributed by atoms with van der Waals surface area (Å²) in [4.78, 5) is 12.2. The summed E-state index contributed by atoms with van der Waals surface area (Å²) < 4.78 is 8.51. The lowest BCUT2D eigenvalue weighted by Gasteiger charge is -1.95. The second-order valence-electron chi connectivity index (χ2n) is 5.70. The van der Waals surface area contributed by atoms with E-state index in [1.54, 1.807) is 12.3 Å². The molecule has 2 heterocycles. The molecule has 0 saturated carbocycles. The molecule has 0 aliphatic carbocycles. The maximum absolute atomic E-state index is 12.2.